The number of unbranched alkanes of at least 4 members (excludes halogenated alkanes) is 28. The third kappa shape index (κ3) is 70.1. The van der Waals surface area contributed by atoms with Gasteiger partial charge in [0.25, 0.3) is 0 Å². The number of hydrogen-bond donors (Lipinski definition) is 2. The van der Waals surface area contributed by atoms with Gasteiger partial charge in [-0.15, -0.1) is 0 Å². The molecule has 3 unspecified atom stereocenters. The number of carbonyl (C=O) groups excluding carboxylic acids is 2. The highest BCUT2D eigenvalue weighted by Crippen LogP contribution is 2.43. The van der Waals surface area contributed by atoms with E-state index in [0.29, 0.717) is 23.9 Å². The quantitative estimate of drug-likeness (QED) is 0.0205. The van der Waals surface area contributed by atoms with E-state index in [0.717, 1.165) is 161 Å². The Bertz CT molecular complexity index is 2070. The molecule has 520 valence electrons. The van der Waals surface area contributed by atoms with Gasteiger partial charge in [0, 0.05) is 12.8 Å². The van der Waals surface area contributed by atoms with E-state index in [-0.39, 0.29) is 31.5 Å². The number of esters is 1. The van der Waals surface area contributed by atoms with Crippen LogP contribution in [0.15, 0.2) is 146 Å². The summed E-state index contributed by atoms with van der Waals surface area (Å²) >= 11 is 0. The lowest BCUT2D eigenvalue weighted by atomic mass is 10.0. The molecule has 0 rings (SSSR count). The number of carbonyl (C=O) groups is 2. The standard InChI is InChI=1S/C81H139N2O7P/c1-7-10-13-16-19-22-25-28-30-32-34-36-38-40-41-43-44-46-48-50-52-55-58-61-64-67-70-73-80(84)82-78(77-89-91(86,87)88-76-75-83(4,5)6)79(72-69-66-63-60-57-54-27-24-21-18-15-12-9-3)90-81(85)74-71-68-65-62-59-56-53-51-49-47-45-42-39-37-35-33-31-29-26-23-20-17-14-11-8-2/h10-11,13-14,19-20,22-23,28-31,34-37,40-42,45,49,51,69,72,78-79H,7-9,12,15-18,21,24-27,32-33,38-39,43-44,46-48,50,52-68,70-71,73-77H2,1-6H3,(H-,82,84,86,87)/p+1/b13-10-,14-11-,22-19-,23-20-,30-28-,31-29-,36-34-,37-35-,41-40-,45-42-,51-49-,72-69+. The molecular formula is C81H140N2O7P+. The summed E-state index contributed by atoms with van der Waals surface area (Å²) in [4.78, 5) is 38.0. The van der Waals surface area contributed by atoms with Crippen molar-refractivity contribution < 1.29 is 37.3 Å². The van der Waals surface area contributed by atoms with Crippen LogP contribution in [-0.4, -0.2) is 74.3 Å². The highest BCUT2D eigenvalue weighted by molar-refractivity contribution is 7.47. The number of phosphoric ester groups is 1. The van der Waals surface area contributed by atoms with Gasteiger partial charge in [-0.3, -0.25) is 18.6 Å². The second kappa shape index (κ2) is 68.7. The SMILES string of the molecule is CC/C=C\C/C=C\C/C=C\C/C=C\C/C=C\C/C=C\CCCCCCCCC(=O)OC(/C=C/CCCCCCCCCCCCC)C(COP(=O)(O)OCC[N+](C)(C)C)NC(=O)CCCCCCCCCCCCC/C=C\C/C=C\C/C=C\C/C=C\C/C=C\CC. The lowest BCUT2D eigenvalue weighted by Crippen LogP contribution is -2.47. The molecule has 0 saturated carbocycles. The van der Waals surface area contributed by atoms with Crippen LogP contribution in [0, 0.1) is 0 Å². The zero-order valence-corrected chi connectivity index (χ0v) is 60.4. The number of likely N-dealkylation sites (N-methyl/N-ethyl adjacent to an activating group) is 1. The van der Waals surface area contributed by atoms with Gasteiger partial charge in [0.2, 0.25) is 5.91 Å². The molecule has 10 heteroatoms. The predicted octanol–water partition coefficient (Wildman–Crippen LogP) is 24.1. The van der Waals surface area contributed by atoms with Crippen LogP contribution < -0.4 is 5.32 Å². The Morgan fingerprint density at radius 2 is 0.703 bits per heavy atom. The Morgan fingerprint density at radius 1 is 0.396 bits per heavy atom. The average molecular weight is 1280 g/mol. The maximum Gasteiger partial charge on any atom is 0.472 e. The minimum absolute atomic E-state index is 0.0298. The first kappa shape index (κ1) is 86.9. The number of allylic oxidation sites excluding steroid dienone is 23. The van der Waals surface area contributed by atoms with Crippen LogP contribution >= 0.6 is 7.82 Å². The van der Waals surface area contributed by atoms with Crippen molar-refractivity contribution in [3.63, 3.8) is 0 Å². The van der Waals surface area contributed by atoms with Crippen molar-refractivity contribution in [1.29, 1.82) is 0 Å². The summed E-state index contributed by atoms with van der Waals surface area (Å²) in [7, 11) is 1.47. The zero-order valence-electron chi connectivity index (χ0n) is 59.5. The van der Waals surface area contributed by atoms with Gasteiger partial charge in [0.05, 0.1) is 33.8 Å². The van der Waals surface area contributed by atoms with Crippen LogP contribution in [0.4, 0.5) is 0 Å². The van der Waals surface area contributed by atoms with Crippen molar-refractivity contribution in [3.05, 3.63) is 146 Å². The van der Waals surface area contributed by atoms with Gasteiger partial charge in [-0.1, -0.05) is 308 Å². The third-order valence-electron chi connectivity index (χ3n) is 15.8. The van der Waals surface area contributed by atoms with E-state index in [1.54, 1.807) is 0 Å². The Balaban J connectivity index is 5.11. The molecule has 0 aromatic heterocycles. The van der Waals surface area contributed by atoms with Crippen LogP contribution in [0.5, 0.6) is 0 Å². The lowest BCUT2D eigenvalue weighted by molar-refractivity contribution is -0.870. The number of ether oxygens (including phenoxy) is 1. The number of amides is 1. The fourth-order valence-corrected chi connectivity index (χ4v) is 10.9. The second-order valence-corrected chi connectivity index (χ2v) is 27.2. The topological polar surface area (TPSA) is 111 Å². The molecule has 91 heavy (non-hydrogen) atoms. The van der Waals surface area contributed by atoms with Gasteiger partial charge in [-0.2, -0.15) is 0 Å². The fraction of sp³-hybridized carbons (Fsp3) is 0.679. The van der Waals surface area contributed by atoms with Gasteiger partial charge < -0.3 is 19.4 Å². The monoisotopic (exact) mass is 1280 g/mol. The van der Waals surface area contributed by atoms with Crippen LogP contribution in [0.2, 0.25) is 0 Å². The first-order valence-electron chi connectivity index (χ1n) is 37.2. The van der Waals surface area contributed by atoms with E-state index >= 15 is 0 Å². The summed E-state index contributed by atoms with van der Waals surface area (Å²) in [5, 5.41) is 3.07. The summed E-state index contributed by atoms with van der Waals surface area (Å²) < 4.78 is 30.9. The van der Waals surface area contributed by atoms with E-state index in [9.17, 15) is 19.0 Å². The predicted molar refractivity (Wildman–Crippen MR) is 396 cm³/mol. The Hall–Kier alpha value is -4.11. The van der Waals surface area contributed by atoms with Crippen LogP contribution in [0.1, 0.15) is 303 Å². The molecule has 2 N–H and O–H groups in total. The van der Waals surface area contributed by atoms with Crippen molar-refractivity contribution in [2.75, 3.05) is 40.9 Å². The molecule has 0 aromatic rings. The molecule has 0 aliphatic rings. The van der Waals surface area contributed by atoms with Gasteiger partial charge in [-0.25, -0.2) is 4.57 Å². The molecule has 0 saturated heterocycles. The summed E-state index contributed by atoms with van der Waals surface area (Å²) in [6, 6.07) is -0.869. The summed E-state index contributed by atoms with van der Waals surface area (Å²) in [5.41, 5.74) is 0. The smallest absolute Gasteiger partial charge is 0.456 e. The number of rotatable bonds is 66. The van der Waals surface area contributed by atoms with Crippen LogP contribution in [-0.2, 0) is 27.9 Å². The molecule has 3 atom stereocenters. The van der Waals surface area contributed by atoms with Gasteiger partial charge in [0.1, 0.15) is 19.3 Å². The second-order valence-electron chi connectivity index (χ2n) is 25.7. The van der Waals surface area contributed by atoms with E-state index in [4.69, 9.17) is 13.8 Å². The molecule has 0 fully saturated rings. The van der Waals surface area contributed by atoms with Gasteiger partial charge in [0.15, 0.2) is 0 Å². The van der Waals surface area contributed by atoms with Crippen molar-refractivity contribution in [3.8, 4) is 0 Å². The zero-order chi connectivity index (χ0) is 66.3. The molecule has 0 aromatic carbocycles. The highest BCUT2D eigenvalue weighted by atomic mass is 31.2. The van der Waals surface area contributed by atoms with Gasteiger partial charge in [-0.05, 0) is 128 Å². The molecule has 0 radical (unpaired) electrons. The van der Waals surface area contributed by atoms with Crippen LogP contribution in [0.25, 0.3) is 0 Å². The van der Waals surface area contributed by atoms with Crippen molar-refractivity contribution in [2.45, 2.75) is 315 Å². The number of quaternary nitrogens is 1. The Kier molecular flexibility index (Phi) is 65.6. The maximum atomic E-state index is 13.7. The largest absolute Gasteiger partial charge is 0.472 e. The Morgan fingerprint density at radius 3 is 1.05 bits per heavy atom. The van der Waals surface area contributed by atoms with Crippen molar-refractivity contribution in [1.82, 2.24) is 5.32 Å². The molecule has 0 bridgehead atoms. The molecule has 9 nitrogen and oxygen atoms in total. The Labute approximate surface area is 561 Å². The summed E-state index contributed by atoms with van der Waals surface area (Å²) in [6.45, 7) is 6.78. The molecule has 0 spiro atoms. The molecule has 1 amide bonds. The summed E-state index contributed by atoms with van der Waals surface area (Å²) in [5.74, 6) is -0.529. The van der Waals surface area contributed by atoms with E-state index in [2.05, 4.69) is 160 Å². The van der Waals surface area contributed by atoms with E-state index in [1.807, 2.05) is 33.3 Å². The highest BCUT2D eigenvalue weighted by Gasteiger charge is 2.30. The lowest BCUT2D eigenvalue weighted by Gasteiger charge is -2.27. The molecular weight excluding hydrogens is 1140 g/mol. The maximum absolute atomic E-state index is 13.7. The molecule has 0 aliphatic heterocycles. The first-order valence-corrected chi connectivity index (χ1v) is 38.7. The summed E-state index contributed by atoms with van der Waals surface area (Å²) in [6.07, 6.45) is 100.0. The fourth-order valence-electron chi connectivity index (χ4n) is 10.1. The third-order valence-corrected chi connectivity index (χ3v) is 16.8. The molecule has 0 aliphatic carbocycles. The number of phosphoric acid groups is 1. The number of nitrogens with one attached hydrogen (secondary N) is 1. The minimum atomic E-state index is -4.47. The molecule has 0 heterocycles. The minimum Gasteiger partial charge on any atom is -0.456 e. The van der Waals surface area contributed by atoms with Crippen LogP contribution in [0.3, 0.4) is 0 Å². The normalized spacial score (nSPS) is 14.3. The first-order chi connectivity index (χ1) is 44.4. The van der Waals surface area contributed by atoms with Gasteiger partial charge >= 0.3 is 13.8 Å². The number of hydrogen-bond acceptors (Lipinski definition) is 6. The van der Waals surface area contributed by atoms with Crippen molar-refractivity contribution in [2.24, 2.45) is 0 Å². The van der Waals surface area contributed by atoms with E-state index in [1.165, 1.54) is 103 Å². The number of nitrogens with zero attached hydrogens (tertiary/aromatic N) is 1. The van der Waals surface area contributed by atoms with Crippen molar-refractivity contribution >= 4 is 19.7 Å². The average Bonchev–Trinajstić information content (AvgIpc) is 3.70. The van der Waals surface area contributed by atoms with E-state index < -0.39 is 20.0 Å².